The van der Waals surface area contributed by atoms with Crippen LogP contribution in [0.4, 0.5) is 4.39 Å². The lowest BCUT2D eigenvalue weighted by molar-refractivity contribution is -0.0112. The molecule has 2 atom stereocenters. The van der Waals surface area contributed by atoms with Gasteiger partial charge in [0.15, 0.2) is 0 Å². The number of nitrogens with one attached hydrogen (secondary N) is 1. The van der Waals surface area contributed by atoms with Crippen molar-refractivity contribution < 1.29 is 9.13 Å². The molecule has 1 aliphatic heterocycles. The molecule has 1 N–H and O–H groups in total. The van der Waals surface area contributed by atoms with Gasteiger partial charge in [-0.15, -0.1) is 0 Å². The van der Waals surface area contributed by atoms with E-state index in [1.165, 1.54) is 0 Å². The third-order valence-electron chi connectivity index (χ3n) is 3.89. The number of likely N-dealkylation sites (N-methyl/N-ethyl adjacent to an activating group) is 1. The first kappa shape index (κ1) is 14.8. The Labute approximate surface area is 119 Å². The van der Waals surface area contributed by atoms with Gasteiger partial charge in [0.1, 0.15) is 5.82 Å². The number of benzene rings is 1. The fourth-order valence-corrected chi connectivity index (χ4v) is 2.95. The van der Waals surface area contributed by atoms with Crippen LogP contribution in [0.1, 0.15) is 32.3 Å². The Balaban J connectivity index is 2.18. The van der Waals surface area contributed by atoms with Crippen molar-refractivity contribution in [2.45, 2.75) is 44.8 Å². The van der Waals surface area contributed by atoms with Gasteiger partial charge in [0.25, 0.3) is 0 Å². The molecule has 1 aliphatic rings. The second kappa shape index (κ2) is 6.21. The highest BCUT2D eigenvalue weighted by Gasteiger charge is 2.38. The summed E-state index contributed by atoms with van der Waals surface area (Å²) in [6, 6.07) is 5.27. The minimum Gasteiger partial charge on any atom is -0.374 e. The first-order valence-electron chi connectivity index (χ1n) is 6.87. The van der Waals surface area contributed by atoms with Gasteiger partial charge in [0, 0.05) is 12.6 Å². The van der Waals surface area contributed by atoms with Crippen LogP contribution in [-0.4, -0.2) is 24.8 Å². The molecule has 0 amide bonds. The minimum atomic E-state index is -0.311. The van der Waals surface area contributed by atoms with Gasteiger partial charge in [-0.3, -0.25) is 0 Å². The summed E-state index contributed by atoms with van der Waals surface area (Å²) in [4.78, 5) is 0. The van der Waals surface area contributed by atoms with Crippen LogP contribution in [0.5, 0.6) is 0 Å². The van der Waals surface area contributed by atoms with Crippen LogP contribution >= 0.6 is 11.6 Å². The van der Waals surface area contributed by atoms with Crippen LogP contribution in [0.15, 0.2) is 18.2 Å². The van der Waals surface area contributed by atoms with E-state index in [2.05, 4.69) is 19.2 Å². The van der Waals surface area contributed by atoms with Gasteiger partial charge in [-0.05, 0) is 44.4 Å². The molecule has 19 heavy (non-hydrogen) atoms. The lowest BCUT2D eigenvalue weighted by atomic mass is 9.88. The van der Waals surface area contributed by atoms with Crippen molar-refractivity contribution in [2.75, 3.05) is 13.2 Å². The first-order valence-corrected chi connectivity index (χ1v) is 7.25. The predicted octanol–water partition coefficient (Wildman–Crippen LogP) is 3.57. The fraction of sp³-hybridized carbons (Fsp3) is 0.600. The van der Waals surface area contributed by atoms with Crippen LogP contribution < -0.4 is 5.32 Å². The van der Waals surface area contributed by atoms with Crippen molar-refractivity contribution in [3.05, 3.63) is 34.6 Å². The van der Waals surface area contributed by atoms with Crippen molar-refractivity contribution in [3.63, 3.8) is 0 Å². The van der Waals surface area contributed by atoms with Gasteiger partial charge >= 0.3 is 0 Å². The average molecular weight is 286 g/mol. The van der Waals surface area contributed by atoms with E-state index in [1.807, 2.05) is 0 Å². The number of hydrogen-bond donors (Lipinski definition) is 1. The van der Waals surface area contributed by atoms with E-state index in [4.69, 9.17) is 16.3 Å². The summed E-state index contributed by atoms with van der Waals surface area (Å²) in [6.45, 7) is 5.79. The largest absolute Gasteiger partial charge is 0.374 e. The Morgan fingerprint density at radius 1 is 1.53 bits per heavy atom. The molecule has 0 spiro atoms. The highest BCUT2D eigenvalue weighted by Crippen LogP contribution is 2.31. The number of halogens is 2. The van der Waals surface area contributed by atoms with E-state index in [1.54, 1.807) is 18.2 Å². The average Bonchev–Trinajstić information content (AvgIpc) is 2.82. The highest BCUT2D eigenvalue weighted by molar-refractivity contribution is 6.30. The quantitative estimate of drug-likeness (QED) is 0.893. The summed E-state index contributed by atoms with van der Waals surface area (Å²) in [6.07, 6.45) is 2.67. The lowest BCUT2D eigenvalue weighted by Gasteiger charge is -2.34. The van der Waals surface area contributed by atoms with E-state index in [9.17, 15) is 4.39 Å². The molecule has 0 saturated carbocycles. The van der Waals surface area contributed by atoms with Crippen molar-refractivity contribution in [3.8, 4) is 0 Å². The second-order valence-corrected chi connectivity index (χ2v) is 5.70. The van der Waals surface area contributed by atoms with Gasteiger partial charge in [-0.25, -0.2) is 4.39 Å². The molecule has 1 aromatic carbocycles. The molecule has 4 heteroatoms. The highest BCUT2D eigenvalue weighted by atomic mass is 35.5. The van der Waals surface area contributed by atoms with Crippen LogP contribution in [0.3, 0.4) is 0 Å². The van der Waals surface area contributed by atoms with Gasteiger partial charge in [0.2, 0.25) is 0 Å². The van der Waals surface area contributed by atoms with E-state index < -0.39 is 0 Å². The molecule has 106 valence electrons. The van der Waals surface area contributed by atoms with E-state index in [-0.39, 0.29) is 22.5 Å². The lowest BCUT2D eigenvalue weighted by Crippen LogP contribution is -2.49. The van der Waals surface area contributed by atoms with Gasteiger partial charge in [-0.2, -0.15) is 0 Å². The SMILES string of the molecule is CCNC(Cc1cccc(Cl)c1F)C1(C)CCCO1. The summed E-state index contributed by atoms with van der Waals surface area (Å²) < 4.78 is 19.9. The third-order valence-corrected chi connectivity index (χ3v) is 4.18. The summed E-state index contributed by atoms with van der Waals surface area (Å²) in [5.74, 6) is -0.311. The van der Waals surface area contributed by atoms with Gasteiger partial charge in [-0.1, -0.05) is 30.7 Å². The smallest absolute Gasteiger partial charge is 0.145 e. The maximum Gasteiger partial charge on any atom is 0.145 e. The number of hydrogen-bond acceptors (Lipinski definition) is 2. The number of ether oxygens (including phenoxy) is 1. The summed E-state index contributed by atoms with van der Waals surface area (Å²) in [5, 5.41) is 3.61. The van der Waals surface area contributed by atoms with Crippen molar-refractivity contribution in [1.29, 1.82) is 0 Å². The Bertz CT molecular complexity index is 432. The van der Waals surface area contributed by atoms with E-state index in [0.29, 0.717) is 12.0 Å². The molecule has 0 bridgehead atoms. The van der Waals surface area contributed by atoms with Crippen molar-refractivity contribution in [1.82, 2.24) is 5.32 Å². The van der Waals surface area contributed by atoms with E-state index >= 15 is 0 Å². The third kappa shape index (κ3) is 3.28. The Kier molecular flexibility index (Phi) is 4.82. The Morgan fingerprint density at radius 3 is 2.95 bits per heavy atom. The molecule has 2 rings (SSSR count). The molecular weight excluding hydrogens is 265 g/mol. The van der Waals surface area contributed by atoms with E-state index in [0.717, 1.165) is 26.0 Å². The van der Waals surface area contributed by atoms with Crippen LogP contribution in [0.2, 0.25) is 5.02 Å². The van der Waals surface area contributed by atoms with Gasteiger partial charge in [0.05, 0.1) is 10.6 Å². The Morgan fingerprint density at radius 2 is 2.32 bits per heavy atom. The standard InChI is InChI=1S/C15H21ClFNO/c1-3-18-13(15(2)8-5-9-19-15)10-11-6-4-7-12(16)14(11)17/h4,6-7,13,18H,3,5,8-10H2,1-2H3. The first-order chi connectivity index (χ1) is 9.07. The summed E-state index contributed by atoms with van der Waals surface area (Å²) in [7, 11) is 0. The zero-order valence-corrected chi connectivity index (χ0v) is 12.3. The molecule has 1 saturated heterocycles. The maximum atomic E-state index is 14.0. The monoisotopic (exact) mass is 285 g/mol. The normalized spacial score (nSPS) is 24.6. The van der Waals surface area contributed by atoms with Gasteiger partial charge < -0.3 is 10.1 Å². The van der Waals surface area contributed by atoms with Crippen molar-refractivity contribution in [2.24, 2.45) is 0 Å². The zero-order valence-electron chi connectivity index (χ0n) is 11.5. The summed E-state index contributed by atoms with van der Waals surface area (Å²) >= 11 is 5.84. The molecule has 0 radical (unpaired) electrons. The Hall–Kier alpha value is -0.640. The predicted molar refractivity (Wildman–Crippen MR) is 76.2 cm³/mol. The molecule has 1 heterocycles. The fourth-order valence-electron chi connectivity index (χ4n) is 2.75. The second-order valence-electron chi connectivity index (χ2n) is 5.29. The molecule has 2 nitrogen and oxygen atoms in total. The number of rotatable bonds is 5. The van der Waals surface area contributed by atoms with Crippen LogP contribution in [-0.2, 0) is 11.2 Å². The topological polar surface area (TPSA) is 21.3 Å². The summed E-state index contributed by atoms with van der Waals surface area (Å²) in [5.41, 5.74) is 0.431. The molecule has 0 aromatic heterocycles. The molecule has 1 aromatic rings. The van der Waals surface area contributed by atoms with Crippen LogP contribution in [0.25, 0.3) is 0 Å². The molecular formula is C15H21ClFNO. The van der Waals surface area contributed by atoms with Crippen LogP contribution in [0, 0.1) is 5.82 Å². The minimum absolute atomic E-state index is 0.105. The zero-order chi connectivity index (χ0) is 13.9. The molecule has 1 fully saturated rings. The molecule has 0 aliphatic carbocycles. The maximum absolute atomic E-state index is 14.0. The van der Waals surface area contributed by atoms with Crippen molar-refractivity contribution >= 4 is 11.6 Å². The molecule has 2 unspecified atom stereocenters.